The average Bonchev–Trinajstić information content (AvgIpc) is 2.47. The summed E-state index contributed by atoms with van der Waals surface area (Å²) in [6, 6.07) is 0.546. The summed E-state index contributed by atoms with van der Waals surface area (Å²) in [6.45, 7) is 14.8. The van der Waals surface area contributed by atoms with Crippen molar-refractivity contribution in [1.29, 1.82) is 0 Å². The van der Waals surface area contributed by atoms with Crippen LogP contribution < -0.4 is 5.32 Å². The fraction of sp³-hybridized carbons (Fsp3) is 1.00. The highest BCUT2D eigenvalue weighted by molar-refractivity contribution is 4.91. The van der Waals surface area contributed by atoms with Crippen LogP contribution in [0.4, 0.5) is 0 Å². The van der Waals surface area contributed by atoms with Crippen molar-refractivity contribution in [2.75, 3.05) is 32.8 Å². The molecule has 1 saturated heterocycles. The van der Waals surface area contributed by atoms with Gasteiger partial charge in [0, 0.05) is 19.1 Å². The summed E-state index contributed by atoms with van der Waals surface area (Å²) in [4.78, 5) is 2.55. The highest BCUT2D eigenvalue weighted by atomic mass is 16.5. The smallest absolute Gasteiger partial charge is 0.0857 e. The average molecular weight is 296 g/mol. The second-order valence-electron chi connectivity index (χ2n) is 7.46. The van der Waals surface area contributed by atoms with Crippen LogP contribution >= 0.6 is 0 Å². The van der Waals surface area contributed by atoms with Crippen molar-refractivity contribution in [2.45, 2.75) is 65.5 Å². The fourth-order valence-electron chi connectivity index (χ4n) is 4.45. The minimum Gasteiger partial charge on any atom is -0.374 e. The largest absolute Gasteiger partial charge is 0.374 e. The minimum atomic E-state index is 0.382. The summed E-state index contributed by atoms with van der Waals surface area (Å²) in [7, 11) is 0. The van der Waals surface area contributed by atoms with E-state index in [1.165, 1.54) is 25.7 Å². The second kappa shape index (κ2) is 8.50. The van der Waals surface area contributed by atoms with Gasteiger partial charge in [0.25, 0.3) is 0 Å². The van der Waals surface area contributed by atoms with Gasteiger partial charge in [-0.15, -0.1) is 0 Å². The maximum Gasteiger partial charge on any atom is 0.0857 e. The Morgan fingerprint density at radius 2 is 1.86 bits per heavy atom. The zero-order chi connectivity index (χ0) is 15.2. The number of hydrogen-bond acceptors (Lipinski definition) is 3. The number of nitrogens with one attached hydrogen (secondary N) is 1. The van der Waals surface area contributed by atoms with Crippen LogP contribution in [0.3, 0.4) is 0 Å². The molecule has 2 rings (SSSR count). The highest BCUT2D eigenvalue weighted by Crippen LogP contribution is 2.36. The summed E-state index contributed by atoms with van der Waals surface area (Å²) in [5.41, 5.74) is 0. The Hall–Kier alpha value is -0.120. The number of nitrogens with zero attached hydrogens (tertiary/aromatic N) is 1. The molecule has 3 nitrogen and oxygen atoms in total. The third kappa shape index (κ3) is 4.94. The number of ether oxygens (including phenoxy) is 1. The second-order valence-corrected chi connectivity index (χ2v) is 7.46. The summed E-state index contributed by atoms with van der Waals surface area (Å²) >= 11 is 0. The fourth-order valence-corrected chi connectivity index (χ4v) is 4.45. The van der Waals surface area contributed by atoms with Crippen molar-refractivity contribution in [2.24, 2.45) is 17.8 Å². The molecule has 0 amide bonds. The zero-order valence-corrected chi connectivity index (χ0v) is 14.6. The van der Waals surface area contributed by atoms with Crippen molar-refractivity contribution in [3.05, 3.63) is 0 Å². The standard InChI is InChI=1S/C18H36N2O/c1-5-7-19-18(16-11-14(3)10-15(4)12-16)17-13-20(6-2)8-9-21-17/h14-19H,5-13H2,1-4H3. The molecule has 0 radical (unpaired) electrons. The molecule has 0 aromatic heterocycles. The van der Waals surface area contributed by atoms with Gasteiger partial charge in [-0.3, -0.25) is 4.90 Å². The van der Waals surface area contributed by atoms with Gasteiger partial charge in [-0.1, -0.05) is 27.7 Å². The lowest BCUT2D eigenvalue weighted by Gasteiger charge is -2.43. The van der Waals surface area contributed by atoms with Crippen LogP contribution in [0.1, 0.15) is 53.4 Å². The van der Waals surface area contributed by atoms with Crippen LogP contribution in [0.2, 0.25) is 0 Å². The normalized spacial score (nSPS) is 36.6. The maximum atomic E-state index is 6.19. The molecule has 0 spiro atoms. The molecular weight excluding hydrogens is 260 g/mol. The van der Waals surface area contributed by atoms with E-state index >= 15 is 0 Å². The van der Waals surface area contributed by atoms with E-state index in [2.05, 4.69) is 37.9 Å². The van der Waals surface area contributed by atoms with Crippen molar-refractivity contribution in [3.63, 3.8) is 0 Å². The first-order chi connectivity index (χ1) is 10.1. The van der Waals surface area contributed by atoms with Gasteiger partial charge in [0.1, 0.15) is 0 Å². The van der Waals surface area contributed by atoms with E-state index in [0.717, 1.165) is 50.5 Å². The molecule has 2 fully saturated rings. The Kier molecular flexibility index (Phi) is 6.97. The molecule has 3 heteroatoms. The first-order valence-corrected chi connectivity index (χ1v) is 9.21. The third-order valence-electron chi connectivity index (χ3n) is 5.38. The summed E-state index contributed by atoms with van der Waals surface area (Å²) < 4.78 is 6.19. The molecule has 0 aromatic carbocycles. The molecular formula is C18H36N2O. The molecule has 1 aliphatic heterocycles. The SMILES string of the molecule is CCCNC(C1CC(C)CC(C)C1)C1CN(CC)CCO1. The Balaban J connectivity index is 2.02. The van der Waals surface area contributed by atoms with Gasteiger partial charge < -0.3 is 10.1 Å². The first-order valence-electron chi connectivity index (χ1n) is 9.21. The Labute approximate surface area is 131 Å². The molecule has 4 unspecified atom stereocenters. The topological polar surface area (TPSA) is 24.5 Å². The van der Waals surface area contributed by atoms with Crippen molar-refractivity contribution < 1.29 is 4.74 Å². The molecule has 4 atom stereocenters. The molecule has 1 heterocycles. The lowest BCUT2D eigenvalue weighted by atomic mass is 9.72. The van der Waals surface area contributed by atoms with E-state index in [-0.39, 0.29) is 0 Å². The summed E-state index contributed by atoms with van der Waals surface area (Å²) in [5, 5.41) is 3.84. The van der Waals surface area contributed by atoms with E-state index in [1.54, 1.807) is 0 Å². The molecule has 21 heavy (non-hydrogen) atoms. The van der Waals surface area contributed by atoms with E-state index in [1.807, 2.05) is 0 Å². The third-order valence-corrected chi connectivity index (χ3v) is 5.38. The number of morpholine rings is 1. The van der Waals surface area contributed by atoms with Gasteiger partial charge in [-0.05, 0) is 56.5 Å². The summed E-state index contributed by atoms with van der Waals surface area (Å²) in [6.07, 6.45) is 5.74. The van der Waals surface area contributed by atoms with Gasteiger partial charge in [-0.25, -0.2) is 0 Å². The van der Waals surface area contributed by atoms with Crippen LogP contribution in [-0.2, 0) is 4.74 Å². The Morgan fingerprint density at radius 3 is 2.48 bits per heavy atom. The zero-order valence-electron chi connectivity index (χ0n) is 14.6. The molecule has 124 valence electrons. The molecule has 0 bridgehead atoms. The van der Waals surface area contributed by atoms with Crippen LogP contribution in [-0.4, -0.2) is 49.8 Å². The van der Waals surface area contributed by atoms with Gasteiger partial charge in [0.2, 0.25) is 0 Å². The Morgan fingerprint density at radius 1 is 1.14 bits per heavy atom. The molecule has 1 saturated carbocycles. The van der Waals surface area contributed by atoms with Crippen molar-refractivity contribution in [1.82, 2.24) is 10.2 Å². The van der Waals surface area contributed by atoms with Crippen LogP contribution in [0.5, 0.6) is 0 Å². The van der Waals surface area contributed by atoms with E-state index in [0.29, 0.717) is 12.1 Å². The maximum absolute atomic E-state index is 6.19. The van der Waals surface area contributed by atoms with Crippen LogP contribution in [0, 0.1) is 17.8 Å². The lowest BCUT2D eigenvalue weighted by Crippen LogP contribution is -2.56. The van der Waals surface area contributed by atoms with Gasteiger partial charge >= 0.3 is 0 Å². The lowest BCUT2D eigenvalue weighted by molar-refractivity contribution is -0.0614. The minimum absolute atomic E-state index is 0.382. The molecule has 1 N–H and O–H groups in total. The molecule has 0 aromatic rings. The van der Waals surface area contributed by atoms with Gasteiger partial charge in [-0.2, -0.15) is 0 Å². The van der Waals surface area contributed by atoms with Crippen LogP contribution in [0.15, 0.2) is 0 Å². The molecule has 2 aliphatic rings. The van der Waals surface area contributed by atoms with Gasteiger partial charge in [0.05, 0.1) is 12.7 Å². The van der Waals surface area contributed by atoms with E-state index in [4.69, 9.17) is 4.74 Å². The summed E-state index contributed by atoms with van der Waals surface area (Å²) in [5.74, 6) is 2.53. The van der Waals surface area contributed by atoms with Crippen LogP contribution in [0.25, 0.3) is 0 Å². The monoisotopic (exact) mass is 296 g/mol. The van der Waals surface area contributed by atoms with E-state index in [9.17, 15) is 0 Å². The molecule has 1 aliphatic carbocycles. The predicted octanol–water partition coefficient (Wildman–Crippen LogP) is 3.15. The highest BCUT2D eigenvalue weighted by Gasteiger charge is 2.36. The predicted molar refractivity (Wildman–Crippen MR) is 89.6 cm³/mol. The van der Waals surface area contributed by atoms with Gasteiger partial charge in [0.15, 0.2) is 0 Å². The quantitative estimate of drug-likeness (QED) is 0.815. The Bertz CT molecular complexity index is 287. The van der Waals surface area contributed by atoms with E-state index < -0.39 is 0 Å². The number of rotatable bonds is 6. The first kappa shape index (κ1) is 17.2. The number of hydrogen-bond donors (Lipinski definition) is 1. The number of likely N-dealkylation sites (N-methyl/N-ethyl adjacent to an activating group) is 1. The van der Waals surface area contributed by atoms with Crippen molar-refractivity contribution in [3.8, 4) is 0 Å². The van der Waals surface area contributed by atoms with Crippen molar-refractivity contribution >= 4 is 0 Å².